The minimum absolute atomic E-state index is 0.00124. The molecule has 1 N–H and O–H groups in total. The fourth-order valence-electron chi connectivity index (χ4n) is 2.93. The number of aryl methyl sites for hydroxylation is 2. The highest BCUT2D eigenvalue weighted by Crippen LogP contribution is 2.32. The van der Waals surface area contributed by atoms with E-state index >= 15 is 0 Å². The normalized spacial score (nSPS) is 21.5. The molecular weight excluding hydrogens is 298 g/mol. The molecule has 1 atom stereocenters. The summed E-state index contributed by atoms with van der Waals surface area (Å²) in [5.74, 6) is -0.0420. The summed E-state index contributed by atoms with van der Waals surface area (Å²) in [5, 5.41) is 4.13. The van der Waals surface area contributed by atoms with Crippen molar-refractivity contribution in [2.75, 3.05) is 6.54 Å². The molecule has 0 aromatic carbocycles. The summed E-state index contributed by atoms with van der Waals surface area (Å²) in [5.41, 5.74) is 1.01. The summed E-state index contributed by atoms with van der Waals surface area (Å²) < 4.78 is 0. The third-order valence-electron chi connectivity index (χ3n) is 4.34. The van der Waals surface area contributed by atoms with Gasteiger partial charge in [0.2, 0.25) is 11.8 Å². The molecule has 1 aromatic heterocycles. The third kappa shape index (κ3) is 3.32. The maximum absolute atomic E-state index is 12.3. The van der Waals surface area contributed by atoms with E-state index in [-0.39, 0.29) is 17.7 Å². The first-order valence-electron chi connectivity index (χ1n) is 8.10. The van der Waals surface area contributed by atoms with Crippen molar-refractivity contribution >= 4 is 23.2 Å². The van der Waals surface area contributed by atoms with Crippen LogP contribution in [-0.4, -0.2) is 34.3 Å². The number of hydrogen-bond donors (Lipinski definition) is 1. The summed E-state index contributed by atoms with van der Waals surface area (Å²) >= 11 is 1.68. The lowest BCUT2D eigenvalue weighted by molar-refractivity contribution is -0.129. The Morgan fingerprint density at radius 3 is 2.91 bits per heavy atom. The average Bonchev–Trinajstić information content (AvgIpc) is 3.16. The van der Waals surface area contributed by atoms with E-state index in [4.69, 9.17) is 0 Å². The predicted molar refractivity (Wildman–Crippen MR) is 85.5 cm³/mol. The molecule has 1 aliphatic carbocycles. The number of carbonyl (C=O) groups is 2. The van der Waals surface area contributed by atoms with Gasteiger partial charge in [-0.15, -0.1) is 11.3 Å². The first-order valence-corrected chi connectivity index (χ1v) is 8.92. The molecular formula is C16H23N3O2S. The minimum atomic E-state index is -0.184. The number of nitrogens with zero attached hydrogens (tertiary/aromatic N) is 2. The van der Waals surface area contributed by atoms with Crippen molar-refractivity contribution in [1.29, 1.82) is 0 Å². The van der Waals surface area contributed by atoms with Gasteiger partial charge in [0.15, 0.2) is 0 Å². The second-order valence-electron chi connectivity index (χ2n) is 6.26. The lowest BCUT2D eigenvalue weighted by Crippen LogP contribution is -2.33. The zero-order valence-electron chi connectivity index (χ0n) is 13.2. The largest absolute Gasteiger partial charge is 0.351 e. The predicted octanol–water partition coefficient (Wildman–Crippen LogP) is 2.03. The summed E-state index contributed by atoms with van der Waals surface area (Å²) in [6.07, 6.45) is 4.64. The molecule has 6 heteroatoms. The van der Waals surface area contributed by atoms with E-state index in [2.05, 4.69) is 17.2 Å². The van der Waals surface area contributed by atoms with Crippen molar-refractivity contribution in [2.24, 2.45) is 5.92 Å². The smallest absolute Gasteiger partial charge is 0.225 e. The molecule has 3 rings (SSSR count). The first kappa shape index (κ1) is 15.5. The number of carbonyl (C=O) groups excluding carboxylic acids is 2. The first-order chi connectivity index (χ1) is 10.6. The number of amides is 2. The van der Waals surface area contributed by atoms with Crippen LogP contribution in [0.3, 0.4) is 0 Å². The Morgan fingerprint density at radius 1 is 1.45 bits per heavy atom. The van der Waals surface area contributed by atoms with Gasteiger partial charge < -0.3 is 10.2 Å². The van der Waals surface area contributed by atoms with Crippen LogP contribution in [-0.2, 0) is 22.6 Å². The fraction of sp³-hybridized carbons (Fsp3) is 0.688. The van der Waals surface area contributed by atoms with Crippen LogP contribution in [0, 0.1) is 12.8 Å². The van der Waals surface area contributed by atoms with Crippen LogP contribution in [0.15, 0.2) is 0 Å². The van der Waals surface area contributed by atoms with Crippen molar-refractivity contribution in [2.45, 2.75) is 58.5 Å². The van der Waals surface area contributed by atoms with Gasteiger partial charge in [-0.3, -0.25) is 9.59 Å². The molecule has 5 nitrogen and oxygen atoms in total. The number of thiazole rings is 1. The molecule has 2 aliphatic rings. The quantitative estimate of drug-likeness (QED) is 0.872. The number of hydrogen-bond acceptors (Lipinski definition) is 4. The molecule has 2 fully saturated rings. The number of nitrogens with one attached hydrogen (secondary N) is 1. The summed E-state index contributed by atoms with van der Waals surface area (Å²) in [6, 6.07) is 0.408. The van der Waals surface area contributed by atoms with Gasteiger partial charge in [0.1, 0.15) is 0 Å². The van der Waals surface area contributed by atoms with Crippen LogP contribution in [0.4, 0.5) is 0 Å². The van der Waals surface area contributed by atoms with Crippen molar-refractivity contribution in [3.8, 4) is 0 Å². The van der Waals surface area contributed by atoms with Gasteiger partial charge in [-0.25, -0.2) is 4.98 Å². The van der Waals surface area contributed by atoms with Gasteiger partial charge in [0, 0.05) is 23.9 Å². The molecule has 1 saturated heterocycles. The van der Waals surface area contributed by atoms with E-state index in [1.165, 1.54) is 0 Å². The Hall–Kier alpha value is -1.43. The lowest BCUT2D eigenvalue weighted by Gasteiger charge is -2.15. The van der Waals surface area contributed by atoms with Gasteiger partial charge in [-0.2, -0.15) is 0 Å². The summed E-state index contributed by atoms with van der Waals surface area (Å²) in [4.78, 5) is 31.8. The van der Waals surface area contributed by atoms with Crippen molar-refractivity contribution in [3.63, 3.8) is 0 Å². The zero-order valence-corrected chi connectivity index (χ0v) is 14.0. The van der Waals surface area contributed by atoms with E-state index in [1.54, 1.807) is 11.3 Å². The monoisotopic (exact) mass is 321 g/mol. The fourth-order valence-corrected chi connectivity index (χ4v) is 4.04. The molecule has 2 amide bonds. The number of aromatic nitrogens is 1. The Morgan fingerprint density at radius 2 is 2.23 bits per heavy atom. The topological polar surface area (TPSA) is 62.3 Å². The Kier molecular flexibility index (Phi) is 4.47. The molecule has 1 saturated carbocycles. The van der Waals surface area contributed by atoms with Crippen LogP contribution in [0.1, 0.15) is 48.2 Å². The van der Waals surface area contributed by atoms with E-state index in [1.807, 2.05) is 11.8 Å². The molecule has 2 heterocycles. The average molecular weight is 321 g/mol. The SMILES string of the molecule is CCCc1nc(C)c(CNC(=O)[C@H]2CC(=O)N(C3CC3)C2)s1. The molecule has 0 bridgehead atoms. The maximum atomic E-state index is 12.3. The van der Waals surface area contributed by atoms with Crippen LogP contribution < -0.4 is 5.32 Å². The highest BCUT2D eigenvalue weighted by atomic mass is 32.1. The van der Waals surface area contributed by atoms with Gasteiger partial charge >= 0.3 is 0 Å². The maximum Gasteiger partial charge on any atom is 0.225 e. The van der Waals surface area contributed by atoms with E-state index < -0.39 is 0 Å². The van der Waals surface area contributed by atoms with Crippen LogP contribution in [0.25, 0.3) is 0 Å². The van der Waals surface area contributed by atoms with E-state index in [9.17, 15) is 9.59 Å². The molecule has 0 unspecified atom stereocenters. The van der Waals surface area contributed by atoms with Crippen molar-refractivity contribution in [1.82, 2.24) is 15.2 Å². The van der Waals surface area contributed by atoms with Crippen molar-refractivity contribution in [3.05, 3.63) is 15.6 Å². The second-order valence-corrected chi connectivity index (χ2v) is 7.43. The highest BCUT2D eigenvalue weighted by Gasteiger charge is 2.41. The standard InChI is InChI=1S/C16H23N3O2S/c1-3-4-14-18-10(2)13(22-14)8-17-16(21)11-7-15(20)19(9-11)12-5-6-12/h11-12H,3-9H2,1-2H3,(H,17,21)/t11-/m0/s1. The van der Waals surface area contributed by atoms with Crippen LogP contribution >= 0.6 is 11.3 Å². The van der Waals surface area contributed by atoms with Gasteiger partial charge in [-0.05, 0) is 32.6 Å². The van der Waals surface area contributed by atoms with Gasteiger partial charge in [-0.1, -0.05) is 6.92 Å². The minimum Gasteiger partial charge on any atom is -0.351 e. The Balaban J connectivity index is 1.53. The molecule has 0 radical (unpaired) electrons. The van der Waals surface area contributed by atoms with Crippen LogP contribution in [0.5, 0.6) is 0 Å². The molecule has 1 aliphatic heterocycles. The Labute approximate surface area is 135 Å². The lowest BCUT2D eigenvalue weighted by atomic mass is 10.1. The number of rotatable bonds is 6. The zero-order chi connectivity index (χ0) is 15.7. The summed E-state index contributed by atoms with van der Waals surface area (Å²) in [7, 11) is 0. The Bertz CT molecular complexity index is 580. The summed E-state index contributed by atoms with van der Waals surface area (Å²) in [6.45, 7) is 5.25. The third-order valence-corrected chi connectivity index (χ3v) is 5.56. The molecule has 0 spiro atoms. The molecule has 22 heavy (non-hydrogen) atoms. The van der Waals surface area contributed by atoms with E-state index in [0.717, 1.165) is 41.3 Å². The molecule has 120 valence electrons. The molecule has 1 aromatic rings. The van der Waals surface area contributed by atoms with Crippen molar-refractivity contribution < 1.29 is 9.59 Å². The van der Waals surface area contributed by atoms with E-state index in [0.29, 0.717) is 25.6 Å². The number of likely N-dealkylation sites (tertiary alicyclic amines) is 1. The van der Waals surface area contributed by atoms with Gasteiger partial charge in [0.05, 0.1) is 23.2 Å². The highest BCUT2D eigenvalue weighted by molar-refractivity contribution is 7.11. The second kappa shape index (κ2) is 6.36. The van der Waals surface area contributed by atoms with Crippen LogP contribution in [0.2, 0.25) is 0 Å². The van der Waals surface area contributed by atoms with Gasteiger partial charge in [0.25, 0.3) is 0 Å².